The summed E-state index contributed by atoms with van der Waals surface area (Å²) in [6, 6.07) is 5.55. The first-order chi connectivity index (χ1) is 8.42. The standard InChI is InChI=1S/C14H15NO3/c1-8-7-14(2,3)15-11-9(8)5-4-6-10(11)12(16)18-13(15)17/h4-6,8H,7H2,1-3H3. The zero-order valence-electron chi connectivity index (χ0n) is 10.7. The molecular formula is C14H15NO3. The van der Waals surface area contributed by atoms with Crippen molar-refractivity contribution in [1.29, 1.82) is 0 Å². The van der Waals surface area contributed by atoms with Gasteiger partial charge in [-0.3, -0.25) is 4.57 Å². The SMILES string of the molecule is CC1CC(C)(C)n2c(=O)oc(=O)c3cccc1c32. The minimum Gasteiger partial charge on any atom is -0.372 e. The first kappa shape index (κ1) is 11.3. The van der Waals surface area contributed by atoms with Gasteiger partial charge in [-0.2, -0.15) is 0 Å². The molecule has 4 nitrogen and oxygen atoms in total. The van der Waals surface area contributed by atoms with Crippen LogP contribution in [0.15, 0.2) is 32.2 Å². The van der Waals surface area contributed by atoms with E-state index in [0.717, 1.165) is 17.5 Å². The van der Waals surface area contributed by atoms with E-state index in [4.69, 9.17) is 4.42 Å². The smallest absolute Gasteiger partial charge is 0.372 e. The van der Waals surface area contributed by atoms with E-state index in [2.05, 4.69) is 6.92 Å². The van der Waals surface area contributed by atoms with Crippen molar-refractivity contribution in [2.24, 2.45) is 0 Å². The molecule has 1 aliphatic heterocycles. The van der Waals surface area contributed by atoms with Gasteiger partial charge in [0.2, 0.25) is 0 Å². The van der Waals surface area contributed by atoms with Crippen LogP contribution in [-0.4, -0.2) is 4.57 Å². The molecule has 0 saturated heterocycles. The van der Waals surface area contributed by atoms with Gasteiger partial charge in [-0.1, -0.05) is 19.1 Å². The van der Waals surface area contributed by atoms with E-state index in [1.54, 1.807) is 10.6 Å². The van der Waals surface area contributed by atoms with Gasteiger partial charge in [0.05, 0.1) is 10.9 Å². The van der Waals surface area contributed by atoms with Crippen molar-refractivity contribution in [1.82, 2.24) is 4.57 Å². The van der Waals surface area contributed by atoms with Crippen LogP contribution >= 0.6 is 0 Å². The molecule has 2 heterocycles. The van der Waals surface area contributed by atoms with Crippen LogP contribution in [-0.2, 0) is 5.54 Å². The van der Waals surface area contributed by atoms with E-state index >= 15 is 0 Å². The minimum atomic E-state index is -0.558. The highest BCUT2D eigenvalue weighted by Crippen LogP contribution is 2.39. The normalized spacial score (nSPS) is 21.2. The second kappa shape index (κ2) is 3.34. The topological polar surface area (TPSA) is 52.2 Å². The van der Waals surface area contributed by atoms with Crippen molar-refractivity contribution >= 4 is 10.9 Å². The lowest BCUT2D eigenvalue weighted by Crippen LogP contribution is -2.42. The Labute approximate surface area is 104 Å². The van der Waals surface area contributed by atoms with Gasteiger partial charge in [0.15, 0.2) is 0 Å². The van der Waals surface area contributed by atoms with Crippen LogP contribution in [0.5, 0.6) is 0 Å². The fourth-order valence-electron chi connectivity index (χ4n) is 3.14. The predicted octanol–water partition coefficient (Wildman–Crippen LogP) is 2.20. The van der Waals surface area contributed by atoms with Gasteiger partial charge in [0, 0.05) is 5.54 Å². The molecule has 0 aliphatic carbocycles. The monoisotopic (exact) mass is 245 g/mol. The van der Waals surface area contributed by atoms with E-state index in [-0.39, 0.29) is 5.54 Å². The molecular weight excluding hydrogens is 230 g/mol. The maximum Gasteiger partial charge on any atom is 0.422 e. The maximum absolute atomic E-state index is 12.0. The molecule has 0 spiro atoms. The maximum atomic E-state index is 12.0. The van der Waals surface area contributed by atoms with Gasteiger partial charge in [-0.25, -0.2) is 9.59 Å². The lowest BCUT2D eigenvalue weighted by molar-refractivity contribution is 0.256. The second-order valence-corrected chi connectivity index (χ2v) is 5.65. The molecule has 18 heavy (non-hydrogen) atoms. The van der Waals surface area contributed by atoms with E-state index in [9.17, 15) is 9.59 Å². The first-order valence-corrected chi connectivity index (χ1v) is 6.11. The lowest BCUT2D eigenvalue weighted by atomic mass is 9.82. The Bertz CT molecular complexity index is 752. The Balaban J connectivity index is 2.64. The van der Waals surface area contributed by atoms with Crippen LogP contribution in [0.2, 0.25) is 0 Å². The zero-order valence-corrected chi connectivity index (χ0v) is 10.7. The van der Waals surface area contributed by atoms with E-state index < -0.39 is 11.4 Å². The summed E-state index contributed by atoms with van der Waals surface area (Å²) in [6.45, 7) is 6.12. The van der Waals surface area contributed by atoms with Crippen LogP contribution in [0.3, 0.4) is 0 Å². The van der Waals surface area contributed by atoms with Crippen molar-refractivity contribution in [2.75, 3.05) is 0 Å². The Morgan fingerprint density at radius 1 is 1.33 bits per heavy atom. The summed E-state index contributed by atoms with van der Waals surface area (Å²) in [5, 5.41) is 0.492. The molecule has 0 amide bonds. The molecule has 3 rings (SSSR count). The highest BCUT2D eigenvalue weighted by molar-refractivity contribution is 5.82. The van der Waals surface area contributed by atoms with Crippen LogP contribution in [0.1, 0.15) is 38.7 Å². The summed E-state index contributed by atoms with van der Waals surface area (Å²) in [4.78, 5) is 23.8. The third-order valence-corrected chi connectivity index (χ3v) is 3.82. The van der Waals surface area contributed by atoms with Crippen molar-refractivity contribution in [3.05, 3.63) is 44.7 Å². The molecule has 1 aromatic heterocycles. The largest absolute Gasteiger partial charge is 0.422 e. The van der Waals surface area contributed by atoms with Gasteiger partial charge >= 0.3 is 11.4 Å². The van der Waals surface area contributed by atoms with Crippen LogP contribution in [0.25, 0.3) is 10.9 Å². The molecule has 0 bridgehead atoms. The molecule has 1 unspecified atom stereocenters. The van der Waals surface area contributed by atoms with Crippen molar-refractivity contribution in [3.8, 4) is 0 Å². The predicted molar refractivity (Wildman–Crippen MR) is 69.1 cm³/mol. The fourth-order valence-corrected chi connectivity index (χ4v) is 3.14. The molecule has 0 saturated carbocycles. The Morgan fingerprint density at radius 3 is 2.78 bits per heavy atom. The highest BCUT2D eigenvalue weighted by atomic mass is 16.4. The summed E-state index contributed by atoms with van der Waals surface area (Å²) in [5.41, 5.74) is 0.914. The third-order valence-electron chi connectivity index (χ3n) is 3.82. The van der Waals surface area contributed by atoms with Crippen LogP contribution < -0.4 is 11.4 Å². The highest BCUT2D eigenvalue weighted by Gasteiger charge is 2.34. The lowest BCUT2D eigenvalue weighted by Gasteiger charge is -2.36. The van der Waals surface area contributed by atoms with Gasteiger partial charge in [-0.15, -0.1) is 0 Å². The molecule has 1 atom stereocenters. The summed E-state index contributed by atoms with van der Waals surface area (Å²) in [6.07, 6.45) is 0.854. The number of benzene rings is 1. The first-order valence-electron chi connectivity index (χ1n) is 6.11. The number of nitrogens with zero attached hydrogens (tertiary/aromatic N) is 1. The average molecular weight is 245 g/mol. The third kappa shape index (κ3) is 1.32. The number of rotatable bonds is 0. The Kier molecular flexibility index (Phi) is 2.09. The molecule has 2 aromatic rings. The zero-order chi connectivity index (χ0) is 13.1. The quantitative estimate of drug-likeness (QED) is 0.715. The van der Waals surface area contributed by atoms with Gasteiger partial charge in [0.25, 0.3) is 0 Å². The van der Waals surface area contributed by atoms with E-state index in [0.29, 0.717) is 11.3 Å². The number of hydrogen-bond acceptors (Lipinski definition) is 3. The van der Waals surface area contributed by atoms with E-state index in [1.165, 1.54) is 0 Å². The molecule has 0 N–H and O–H groups in total. The molecule has 4 heteroatoms. The Hall–Kier alpha value is -1.84. The molecule has 1 aliphatic rings. The molecule has 0 radical (unpaired) electrons. The minimum absolute atomic E-state index is 0.324. The summed E-state index contributed by atoms with van der Waals surface area (Å²) in [5.74, 6) is -0.234. The second-order valence-electron chi connectivity index (χ2n) is 5.65. The number of para-hydroxylation sites is 1. The van der Waals surface area contributed by atoms with Gasteiger partial charge in [-0.05, 0) is 37.8 Å². The van der Waals surface area contributed by atoms with Crippen LogP contribution in [0, 0.1) is 0 Å². The Morgan fingerprint density at radius 2 is 2.06 bits per heavy atom. The average Bonchev–Trinajstić information content (AvgIpc) is 2.26. The summed E-state index contributed by atoms with van der Waals surface area (Å²) >= 11 is 0. The van der Waals surface area contributed by atoms with E-state index in [1.807, 2.05) is 26.0 Å². The van der Waals surface area contributed by atoms with Crippen LogP contribution in [0.4, 0.5) is 0 Å². The number of aromatic nitrogens is 1. The van der Waals surface area contributed by atoms with Gasteiger partial charge in [0.1, 0.15) is 0 Å². The summed E-state index contributed by atoms with van der Waals surface area (Å²) in [7, 11) is 0. The van der Waals surface area contributed by atoms with Crippen molar-refractivity contribution in [3.63, 3.8) is 0 Å². The number of hydrogen-bond donors (Lipinski definition) is 0. The van der Waals surface area contributed by atoms with Gasteiger partial charge < -0.3 is 4.42 Å². The molecule has 94 valence electrons. The van der Waals surface area contributed by atoms with Crippen molar-refractivity contribution < 1.29 is 4.42 Å². The molecule has 1 aromatic carbocycles. The molecule has 0 fully saturated rings. The fraction of sp³-hybridized carbons (Fsp3) is 0.429. The van der Waals surface area contributed by atoms with Crippen molar-refractivity contribution in [2.45, 2.75) is 38.6 Å². The summed E-state index contributed by atoms with van der Waals surface area (Å²) < 4.78 is 6.45.